The average molecular weight is 477 g/mol. The van der Waals surface area contributed by atoms with Crippen molar-refractivity contribution in [2.75, 3.05) is 26.2 Å². The number of aryl methyl sites for hydroxylation is 2. The monoisotopic (exact) mass is 477 g/mol. The van der Waals surface area contributed by atoms with Crippen LogP contribution in [0.5, 0.6) is 0 Å². The van der Waals surface area contributed by atoms with E-state index in [9.17, 15) is 0 Å². The molecular formula is C18H32IN5S. The number of halogens is 1. The molecule has 0 aromatic carbocycles. The van der Waals surface area contributed by atoms with E-state index in [1.807, 2.05) is 6.92 Å². The Labute approximate surface area is 173 Å². The quantitative estimate of drug-likeness (QED) is 0.285. The Morgan fingerprint density at radius 1 is 1.36 bits per heavy atom. The number of aromatic nitrogens is 1. The summed E-state index contributed by atoms with van der Waals surface area (Å²) in [7, 11) is 0. The van der Waals surface area contributed by atoms with Crippen molar-refractivity contribution in [3.63, 3.8) is 0 Å². The van der Waals surface area contributed by atoms with Crippen molar-refractivity contribution in [2.24, 2.45) is 4.99 Å². The molecule has 2 rings (SSSR count). The highest BCUT2D eigenvalue weighted by molar-refractivity contribution is 14.0. The van der Waals surface area contributed by atoms with Crippen molar-refractivity contribution < 1.29 is 0 Å². The molecule has 0 unspecified atom stereocenters. The van der Waals surface area contributed by atoms with Gasteiger partial charge in [-0.05, 0) is 40.5 Å². The Morgan fingerprint density at radius 2 is 2.04 bits per heavy atom. The van der Waals surface area contributed by atoms with Crippen molar-refractivity contribution in [3.05, 3.63) is 27.7 Å². The van der Waals surface area contributed by atoms with E-state index < -0.39 is 0 Å². The highest BCUT2D eigenvalue weighted by Gasteiger charge is 2.19. The second kappa shape index (κ2) is 11.1. The Hall–Kier alpha value is -0.670. The molecule has 0 saturated carbocycles. The van der Waals surface area contributed by atoms with E-state index in [0.717, 1.165) is 55.7 Å². The number of thiazole rings is 1. The molecule has 1 aromatic heterocycles. The third-order valence-electron chi connectivity index (χ3n) is 4.15. The average Bonchev–Trinajstić information content (AvgIpc) is 2.84. The molecule has 0 aliphatic carbocycles. The molecule has 1 aliphatic heterocycles. The fourth-order valence-electron chi connectivity index (χ4n) is 3.00. The molecule has 2 heterocycles. The molecule has 0 amide bonds. The van der Waals surface area contributed by atoms with Crippen LogP contribution >= 0.6 is 35.3 Å². The Kier molecular flexibility index (Phi) is 9.96. The maximum atomic E-state index is 4.76. The molecule has 1 fully saturated rings. The van der Waals surface area contributed by atoms with Gasteiger partial charge in [0.1, 0.15) is 0 Å². The summed E-state index contributed by atoms with van der Waals surface area (Å²) < 4.78 is 0. The molecule has 0 atom stereocenters. The minimum atomic E-state index is 0. The maximum Gasteiger partial charge on any atom is 0.191 e. The number of aliphatic imine (C=N–C) groups is 1. The second-order valence-corrected chi connectivity index (χ2v) is 7.88. The van der Waals surface area contributed by atoms with E-state index in [4.69, 9.17) is 4.99 Å². The molecule has 2 N–H and O–H groups in total. The van der Waals surface area contributed by atoms with Crippen LogP contribution in [-0.2, 0) is 6.54 Å². The van der Waals surface area contributed by atoms with Crippen LogP contribution in [0, 0.1) is 13.8 Å². The van der Waals surface area contributed by atoms with Gasteiger partial charge in [-0.25, -0.2) is 9.98 Å². The van der Waals surface area contributed by atoms with Crippen LogP contribution in [0.1, 0.15) is 42.3 Å². The van der Waals surface area contributed by atoms with E-state index in [1.165, 1.54) is 10.5 Å². The van der Waals surface area contributed by atoms with Crippen molar-refractivity contribution in [2.45, 2.75) is 53.1 Å². The zero-order valence-corrected chi connectivity index (χ0v) is 19.0. The van der Waals surface area contributed by atoms with Gasteiger partial charge < -0.3 is 10.6 Å². The lowest BCUT2D eigenvalue weighted by atomic mass is 10.0. The van der Waals surface area contributed by atoms with Gasteiger partial charge in [0.2, 0.25) is 0 Å². The fourth-order valence-corrected chi connectivity index (χ4v) is 3.86. The first kappa shape index (κ1) is 22.4. The Morgan fingerprint density at radius 3 is 2.56 bits per heavy atom. The lowest BCUT2D eigenvalue weighted by molar-refractivity contribution is 0.221. The van der Waals surface area contributed by atoms with E-state index in [2.05, 4.69) is 47.9 Å². The number of rotatable bonds is 6. The van der Waals surface area contributed by atoms with E-state index in [-0.39, 0.29) is 24.0 Å². The summed E-state index contributed by atoms with van der Waals surface area (Å²) in [5.41, 5.74) is 2.34. The number of guanidine groups is 1. The number of nitrogens with zero attached hydrogens (tertiary/aromatic N) is 3. The summed E-state index contributed by atoms with van der Waals surface area (Å²) in [6.07, 6.45) is 2.30. The smallest absolute Gasteiger partial charge is 0.191 e. The molecule has 1 aromatic rings. The van der Waals surface area contributed by atoms with Gasteiger partial charge in [0.25, 0.3) is 0 Å². The van der Waals surface area contributed by atoms with E-state index >= 15 is 0 Å². The highest BCUT2D eigenvalue weighted by Crippen LogP contribution is 2.18. The van der Waals surface area contributed by atoms with Crippen LogP contribution in [-0.4, -0.2) is 48.1 Å². The molecule has 5 nitrogen and oxygen atoms in total. The summed E-state index contributed by atoms with van der Waals surface area (Å²) in [5.74, 6) is 0.918. The fraction of sp³-hybridized carbons (Fsp3) is 0.667. The molecule has 25 heavy (non-hydrogen) atoms. The minimum absolute atomic E-state index is 0. The first-order valence-corrected chi connectivity index (χ1v) is 9.64. The van der Waals surface area contributed by atoms with Gasteiger partial charge in [-0.15, -0.1) is 35.3 Å². The molecular weight excluding hydrogens is 445 g/mol. The highest BCUT2D eigenvalue weighted by atomic mass is 127. The Bertz CT molecular complexity index is 576. The van der Waals surface area contributed by atoms with Gasteiger partial charge in [-0.1, -0.05) is 12.2 Å². The van der Waals surface area contributed by atoms with Crippen LogP contribution in [0.2, 0.25) is 0 Å². The summed E-state index contributed by atoms with van der Waals surface area (Å²) in [6, 6.07) is 0.494. The van der Waals surface area contributed by atoms with Crippen LogP contribution in [0.25, 0.3) is 0 Å². The van der Waals surface area contributed by atoms with Crippen LogP contribution in [0.3, 0.4) is 0 Å². The van der Waals surface area contributed by atoms with Crippen molar-refractivity contribution in [1.82, 2.24) is 20.5 Å². The molecule has 7 heteroatoms. The summed E-state index contributed by atoms with van der Waals surface area (Å²) in [5, 5.41) is 8.08. The largest absolute Gasteiger partial charge is 0.357 e. The van der Waals surface area contributed by atoms with Gasteiger partial charge in [0.05, 0.1) is 17.2 Å². The lowest BCUT2D eigenvalue weighted by Gasteiger charge is -2.33. The van der Waals surface area contributed by atoms with Crippen LogP contribution < -0.4 is 10.6 Å². The normalized spacial score (nSPS) is 16.4. The number of hydrogen-bond acceptors (Lipinski definition) is 4. The molecule has 0 bridgehead atoms. The third-order valence-corrected chi connectivity index (χ3v) is 5.20. The van der Waals surface area contributed by atoms with Crippen molar-refractivity contribution in [1.29, 1.82) is 0 Å². The number of likely N-dealkylation sites (tertiary alicyclic amines) is 1. The standard InChI is InChI=1S/C18H31N5S.HI/c1-6-19-18(20-11-17-14(4)21-15(5)24-17)22-16-7-9-23(10-8-16)12-13(2)3;/h16H,2,6-12H2,1,3-5H3,(H2,19,20,22);1H. The van der Waals surface area contributed by atoms with Gasteiger partial charge >= 0.3 is 0 Å². The predicted molar refractivity (Wildman–Crippen MR) is 119 cm³/mol. The first-order chi connectivity index (χ1) is 11.5. The van der Waals surface area contributed by atoms with Gasteiger partial charge in [-0.3, -0.25) is 4.90 Å². The Balaban J connectivity index is 0.00000312. The number of nitrogens with one attached hydrogen (secondary N) is 2. The van der Waals surface area contributed by atoms with E-state index in [1.54, 1.807) is 11.3 Å². The maximum absolute atomic E-state index is 4.76. The van der Waals surface area contributed by atoms with Gasteiger partial charge in [-0.2, -0.15) is 0 Å². The minimum Gasteiger partial charge on any atom is -0.357 e. The van der Waals surface area contributed by atoms with Gasteiger partial charge in [0, 0.05) is 37.1 Å². The third kappa shape index (κ3) is 7.62. The van der Waals surface area contributed by atoms with Gasteiger partial charge in [0.15, 0.2) is 5.96 Å². The molecule has 1 aliphatic rings. The lowest BCUT2D eigenvalue weighted by Crippen LogP contribution is -2.48. The second-order valence-electron chi connectivity index (χ2n) is 6.59. The molecule has 142 valence electrons. The SMILES string of the molecule is C=C(C)CN1CCC(NC(=NCc2sc(C)nc2C)NCC)CC1.I. The number of hydrogen-bond donors (Lipinski definition) is 2. The zero-order valence-electron chi connectivity index (χ0n) is 15.9. The number of piperidine rings is 1. The summed E-state index contributed by atoms with van der Waals surface area (Å²) >= 11 is 1.74. The first-order valence-electron chi connectivity index (χ1n) is 8.82. The van der Waals surface area contributed by atoms with Crippen molar-refractivity contribution in [3.8, 4) is 0 Å². The topological polar surface area (TPSA) is 52.5 Å². The van der Waals surface area contributed by atoms with Crippen LogP contribution in [0.4, 0.5) is 0 Å². The zero-order chi connectivity index (χ0) is 17.5. The predicted octanol–water partition coefficient (Wildman–Crippen LogP) is 3.47. The molecule has 0 radical (unpaired) electrons. The summed E-state index contributed by atoms with van der Waals surface area (Å²) in [4.78, 5) is 13.0. The summed E-state index contributed by atoms with van der Waals surface area (Å²) in [6.45, 7) is 17.2. The van der Waals surface area contributed by atoms with Crippen molar-refractivity contribution >= 4 is 41.3 Å². The molecule has 0 spiro atoms. The molecule has 1 saturated heterocycles. The van der Waals surface area contributed by atoms with Crippen LogP contribution in [0.15, 0.2) is 17.1 Å². The van der Waals surface area contributed by atoms with E-state index in [0.29, 0.717) is 12.6 Å².